The molecule has 1 aliphatic heterocycles. The normalized spacial score (nSPS) is 16.7. The number of aliphatic hydroxyl groups is 1. The van der Waals surface area contributed by atoms with E-state index >= 15 is 0 Å². The molecular formula is C24H26N4O3. The molecule has 0 aliphatic carbocycles. The third kappa shape index (κ3) is 3.82. The van der Waals surface area contributed by atoms with Gasteiger partial charge in [-0.1, -0.05) is 18.2 Å². The Bertz CT molecular complexity index is 1230. The van der Waals surface area contributed by atoms with Crippen molar-refractivity contribution >= 4 is 27.6 Å². The average molecular weight is 418 g/mol. The fourth-order valence-electron chi connectivity index (χ4n) is 4.47. The summed E-state index contributed by atoms with van der Waals surface area (Å²) in [5, 5.41) is 17.6. The van der Waals surface area contributed by atoms with Gasteiger partial charge in [-0.15, -0.1) is 0 Å². The minimum Gasteiger partial charge on any atom is -0.497 e. The molecule has 3 heterocycles. The summed E-state index contributed by atoms with van der Waals surface area (Å²) in [4.78, 5) is 18.2. The zero-order valence-electron chi connectivity index (χ0n) is 17.5. The van der Waals surface area contributed by atoms with Crippen molar-refractivity contribution in [2.45, 2.75) is 25.0 Å². The summed E-state index contributed by atoms with van der Waals surface area (Å²) in [6, 6.07) is 13.7. The van der Waals surface area contributed by atoms with Gasteiger partial charge in [-0.25, -0.2) is 0 Å². The number of nitrogens with zero attached hydrogens (tertiary/aromatic N) is 3. The maximum absolute atomic E-state index is 12.9. The molecule has 160 valence electrons. The van der Waals surface area contributed by atoms with Crippen LogP contribution in [0.1, 0.15) is 23.2 Å². The van der Waals surface area contributed by atoms with E-state index in [9.17, 15) is 9.90 Å². The third-order valence-electron chi connectivity index (χ3n) is 6.34. The highest BCUT2D eigenvalue weighted by Crippen LogP contribution is 2.27. The maximum atomic E-state index is 12.9. The first-order valence-corrected chi connectivity index (χ1v) is 10.6. The van der Waals surface area contributed by atoms with Crippen molar-refractivity contribution < 1.29 is 14.6 Å². The van der Waals surface area contributed by atoms with Crippen LogP contribution in [0.15, 0.2) is 54.9 Å². The molecule has 1 saturated heterocycles. The molecule has 0 bridgehead atoms. The van der Waals surface area contributed by atoms with Crippen LogP contribution in [0, 0.1) is 0 Å². The number of hydrogen-bond acceptors (Lipinski definition) is 5. The van der Waals surface area contributed by atoms with E-state index in [4.69, 9.17) is 4.74 Å². The first-order chi connectivity index (χ1) is 15.0. The second-order valence-electron chi connectivity index (χ2n) is 8.40. The van der Waals surface area contributed by atoms with Crippen LogP contribution >= 0.6 is 0 Å². The van der Waals surface area contributed by atoms with Gasteiger partial charge in [-0.3, -0.25) is 14.4 Å². The van der Waals surface area contributed by atoms with Gasteiger partial charge in [-0.2, -0.15) is 5.10 Å². The highest BCUT2D eigenvalue weighted by atomic mass is 16.5. The number of Topliss-reactive ketones (excluding diaryl/α,β-unsaturated/α-hetero) is 1. The predicted octanol–water partition coefficient (Wildman–Crippen LogP) is 3.24. The number of aromatic nitrogens is 3. The number of rotatable bonds is 6. The van der Waals surface area contributed by atoms with E-state index in [0.29, 0.717) is 44.6 Å². The van der Waals surface area contributed by atoms with Gasteiger partial charge in [0.2, 0.25) is 0 Å². The summed E-state index contributed by atoms with van der Waals surface area (Å²) < 4.78 is 7.14. The summed E-state index contributed by atoms with van der Waals surface area (Å²) >= 11 is 0. The van der Waals surface area contributed by atoms with Crippen molar-refractivity contribution in [2.24, 2.45) is 0 Å². The largest absolute Gasteiger partial charge is 0.497 e. The standard InChI is InChI=1S/C24H26N4O3/c1-31-18-6-7-19-20(14-25-21(19)12-18)23(29)15-27-10-8-24(30,9-11-27)16-28-22-5-3-2-4-17(22)13-26-28/h2-7,12-14,25,30H,8-11,15-16H2,1H3. The van der Waals surface area contributed by atoms with Crippen LogP contribution in [0.25, 0.3) is 21.8 Å². The number of para-hydroxylation sites is 1. The molecule has 4 aromatic rings. The molecule has 0 radical (unpaired) electrons. The number of ketones is 1. The average Bonchev–Trinajstić information content (AvgIpc) is 3.39. The Morgan fingerprint density at radius 1 is 1.23 bits per heavy atom. The number of benzene rings is 2. The van der Waals surface area contributed by atoms with E-state index in [0.717, 1.165) is 27.6 Å². The third-order valence-corrected chi connectivity index (χ3v) is 6.34. The summed E-state index contributed by atoms with van der Waals surface area (Å²) in [5.41, 5.74) is 1.80. The molecular weight excluding hydrogens is 392 g/mol. The fourth-order valence-corrected chi connectivity index (χ4v) is 4.47. The lowest BCUT2D eigenvalue weighted by atomic mass is 9.91. The van der Waals surface area contributed by atoms with Crippen LogP contribution in [0.5, 0.6) is 5.75 Å². The highest BCUT2D eigenvalue weighted by Gasteiger charge is 2.34. The van der Waals surface area contributed by atoms with Gasteiger partial charge in [-0.05, 0) is 31.0 Å². The second kappa shape index (κ2) is 7.83. The number of hydrogen-bond donors (Lipinski definition) is 2. The first kappa shape index (κ1) is 19.8. The van der Waals surface area contributed by atoms with Crippen LogP contribution in [-0.2, 0) is 6.54 Å². The van der Waals surface area contributed by atoms with Gasteiger partial charge in [0.25, 0.3) is 0 Å². The number of nitrogens with one attached hydrogen (secondary N) is 1. The topological polar surface area (TPSA) is 83.4 Å². The molecule has 2 N–H and O–H groups in total. The summed E-state index contributed by atoms with van der Waals surface area (Å²) in [6.07, 6.45) is 4.83. The van der Waals surface area contributed by atoms with Gasteiger partial charge >= 0.3 is 0 Å². The van der Waals surface area contributed by atoms with E-state index < -0.39 is 5.60 Å². The number of ether oxygens (including phenoxy) is 1. The molecule has 1 aliphatic rings. The Morgan fingerprint density at radius 2 is 2.03 bits per heavy atom. The van der Waals surface area contributed by atoms with E-state index in [1.807, 2.05) is 53.3 Å². The lowest BCUT2D eigenvalue weighted by molar-refractivity contribution is -0.0342. The van der Waals surface area contributed by atoms with E-state index in [1.165, 1.54) is 0 Å². The highest BCUT2D eigenvalue weighted by molar-refractivity contribution is 6.09. The number of carbonyl (C=O) groups excluding carboxylic acids is 1. The molecule has 2 aromatic heterocycles. The predicted molar refractivity (Wildman–Crippen MR) is 120 cm³/mol. The molecule has 0 unspecified atom stereocenters. The van der Waals surface area contributed by atoms with E-state index in [-0.39, 0.29) is 5.78 Å². The van der Waals surface area contributed by atoms with E-state index in [2.05, 4.69) is 15.0 Å². The van der Waals surface area contributed by atoms with Crippen molar-refractivity contribution in [1.29, 1.82) is 0 Å². The summed E-state index contributed by atoms with van der Waals surface area (Å²) in [6.45, 7) is 2.17. The number of fused-ring (bicyclic) bond motifs is 2. The Labute approximate surface area is 180 Å². The molecule has 31 heavy (non-hydrogen) atoms. The Hall–Kier alpha value is -3.16. The number of aromatic amines is 1. The van der Waals surface area contributed by atoms with Crippen molar-refractivity contribution in [3.05, 3.63) is 60.4 Å². The van der Waals surface area contributed by atoms with Crippen molar-refractivity contribution in [1.82, 2.24) is 19.7 Å². The summed E-state index contributed by atoms with van der Waals surface area (Å²) in [7, 11) is 1.63. The number of piperidine rings is 1. The molecule has 0 amide bonds. The van der Waals surface area contributed by atoms with Crippen LogP contribution in [-0.4, -0.2) is 62.9 Å². The SMILES string of the molecule is COc1ccc2c(C(=O)CN3CCC(O)(Cn4ncc5ccccc54)CC3)c[nH]c2c1. The minimum absolute atomic E-state index is 0.0833. The maximum Gasteiger partial charge on any atom is 0.178 e. The number of H-pyrrole nitrogens is 1. The van der Waals surface area contributed by atoms with Crippen LogP contribution < -0.4 is 4.74 Å². The fraction of sp³-hybridized carbons (Fsp3) is 0.333. The molecule has 2 aromatic carbocycles. The quantitative estimate of drug-likeness (QED) is 0.470. The lowest BCUT2D eigenvalue weighted by Crippen LogP contribution is -2.48. The minimum atomic E-state index is -0.814. The van der Waals surface area contributed by atoms with E-state index in [1.54, 1.807) is 13.3 Å². The zero-order chi connectivity index (χ0) is 21.4. The van der Waals surface area contributed by atoms with Gasteiger partial charge in [0.15, 0.2) is 5.78 Å². The molecule has 0 spiro atoms. The van der Waals surface area contributed by atoms with Gasteiger partial charge in [0, 0.05) is 47.2 Å². The first-order valence-electron chi connectivity index (χ1n) is 10.6. The van der Waals surface area contributed by atoms with Gasteiger partial charge in [0.1, 0.15) is 5.75 Å². The molecule has 7 nitrogen and oxygen atoms in total. The number of likely N-dealkylation sites (tertiary alicyclic amines) is 1. The molecule has 5 rings (SSSR count). The van der Waals surface area contributed by atoms with Crippen LogP contribution in [0.4, 0.5) is 0 Å². The Morgan fingerprint density at radius 3 is 2.84 bits per heavy atom. The number of methoxy groups -OCH3 is 1. The molecule has 0 atom stereocenters. The number of carbonyl (C=O) groups is 1. The summed E-state index contributed by atoms with van der Waals surface area (Å²) in [5.74, 6) is 0.841. The Balaban J connectivity index is 1.23. The monoisotopic (exact) mass is 418 g/mol. The van der Waals surface area contributed by atoms with Crippen LogP contribution in [0.2, 0.25) is 0 Å². The van der Waals surface area contributed by atoms with Gasteiger partial charge in [0.05, 0.1) is 37.5 Å². The van der Waals surface area contributed by atoms with Crippen molar-refractivity contribution in [2.75, 3.05) is 26.7 Å². The van der Waals surface area contributed by atoms with Crippen LogP contribution in [0.3, 0.4) is 0 Å². The van der Waals surface area contributed by atoms with Crippen molar-refractivity contribution in [3.63, 3.8) is 0 Å². The molecule has 0 saturated carbocycles. The van der Waals surface area contributed by atoms with Crippen molar-refractivity contribution in [3.8, 4) is 5.75 Å². The second-order valence-corrected chi connectivity index (χ2v) is 8.40. The molecule has 1 fully saturated rings. The lowest BCUT2D eigenvalue weighted by Gasteiger charge is -2.37. The Kier molecular flexibility index (Phi) is 5.00. The molecule has 7 heteroatoms. The zero-order valence-corrected chi connectivity index (χ0v) is 17.5. The smallest absolute Gasteiger partial charge is 0.178 e. The van der Waals surface area contributed by atoms with Gasteiger partial charge < -0.3 is 14.8 Å².